The zero-order chi connectivity index (χ0) is 19.8. The Hall–Kier alpha value is -3.03. The third-order valence-electron chi connectivity index (χ3n) is 4.37. The van der Waals surface area contributed by atoms with Crippen molar-refractivity contribution in [1.82, 2.24) is 9.88 Å². The van der Waals surface area contributed by atoms with E-state index in [2.05, 4.69) is 10.3 Å². The molecule has 0 atom stereocenters. The molecule has 3 aromatic rings. The summed E-state index contributed by atoms with van der Waals surface area (Å²) in [6, 6.07) is 12.1. The maximum Gasteiger partial charge on any atom is 0.261 e. The number of thiazole rings is 1. The van der Waals surface area contributed by atoms with E-state index in [1.54, 1.807) is 18.2 Å². The molecule has 0 spiro atoms. The molecule has 4 rings (SSSR count). The van der Waals surface area contributed by atoms with Gasteiger partial charge in [0.25, 0.3) is 11.8 Å². The van der Waals surface area contributed by atoms with E-state index in [-0.39, 0.29) is 24.1 Å². The van der Waals surface area contributed by atoms with Gasteiger partial charge in [0.05, 0.1) is 28.3 Å². The summed E-state index contributed by atoms with van der Waals surface area (Å²) in [4.78, 5) is 41.9. The number of carbonyl (C=O) groups excluding carboxylic acids is 3. The fourth-order valence-electron chi connectivity index (χ4n) is 2.96. The monoisotopic (exact) mass is 411 g/mol. The van der Waals surface area contributed by atoms with Crippen LogP contribution in [0.25, 0.3) is 10.6 Å². The number of benzene rings is 2. The van der Waals surface area contributed by atoms with Gasteiger partial charge in [0.15, 0.2) is 0 Å². The highest BCUT2D eigenvalue weighted by atomic mass is 35.5. The maximum absolute atomic E-state index is 12.4. The lowest BCUT2D eigenvalue weighted by Crippen LogP contribution is -2.24. The molecule has 1 N–H and O–H groups in total. The van der Waals surface area contributed by atoms with Gasteiger partial charge in [-0.2, -0.15) is 0 Å². The van der Waals surface area contributed by atoms with Crippen LogP contribution < -0.4 is 5.32 Å². The molecular weight excluding hydrogens is 398 g/mol. The van der Waals surface area contributed by atoms with Crippen LogP contribution in [0.3, 0.4) is 0 Å². The maximum atomic E-state index is 12.4. The number of nitrogens with one attached hydrogen (secondary N) is 1. The number of aromatic nitrogens is 1. The van der Waals surface area contributed by atoms with Crippen LogP contribution in [0.5, 0.6) is 0 Å². The summed E-state index contributed by atoms with van der Waals surface area (Å²) in [7, 11) is 1.43. The van der Waals surface area contributed by atoms with Crippen molar-refractivity contribution in [2.75, 3.05) is 12.4 Å². The molecule has 8 heteroatoms. The first kappa shape index (κ1) is 18.3. The Labute approximate surface area is 169 Å². The van der Waals surface area contributed by atoms with Gasteiger partial charge in [-0.3, -0.25) is 19.3 Å². The first-order chi connectivity index (χ1) is 13.4. The number of nitrogens with zero attached hydrogens (tertiary/aromatic N) is 2. The fraction of sp³-hybridized carbons (Fsp3) is 0.100. The summed E-state index contributed by atoms with van der Waals surface area (Å²) in [5.74, 6) is -0.978. The molecule has 2 heterocycles. The highest BCUT2D eigenvalue weighted by molar-refractivity contribution is 7.13. The SMILES string of the molecule is CN1C(=O)c2ccc(NC(=O)Cc3csc(-c4ccccc4Cl)n3)cc2C1=O. The largest absolute Gasteiger partial charge is 0.326 e. The summed E-state index contributed by atoms with van der Waals surface area (Å²) >= 11 is 7.61. The van der Waals surface area contributed by atoms with Crippen molar-refractivity contribution in [1.29, 1.82) is 0 Å². The van der Waals surface area contributed by atoms with Crippen molar-refractivity contribution < 1.29 is 14.4 Å². The zero-order valence-electron chi connectivity index (χ0n) is 14.7. The van der Waals surface area contributed by atoms with Gasteiger partial charge in [-0.05, 0) is 24.3 Å². The van der Waals surface area contributed by atoms with E-state index in [4.69, 9.17) is 11.6 Å². The van der Waals surface area contributed by atoms with Crippen LogP contribution in [-0.2, 0) is 11.2 Å². The van der Waals surface area contributed by atoms with Crippen molar-refractivity contribution in [3.63, 3.8) is 0 Å². The van der Waals surface area contributed by atoms with Crippen molar-refractivity contribution in [2.24, 2.45) is 0 Å². The first-order valence-electron chi connectivity index (χ1n) is 8.39. The number of hydrogen-bond acceptors (Lipinski definition) is 5. The van der Waals surface area contributed by atoms with Crippen molar-refractivity contribution >= 4 is 46.3 Å². The Kier molecular flexibility index (Phi) is 4.70. The van der Waals surface area contributed by atoms with E-state index >= 15 is 0 Å². The Bertz CT molecular complexity index is 1130. The standard InChI is InChI=1S/C20H14ClN3O3S/c1-24-19(26)13-7-6-11(8-15(13)20(24)27)22-17(25)9-12-10-28-18(23-12)14-4-2-3-5-16(14)21/h2-8,10H,9H2,1H3,(H,22,25). The second-order valence-electron chi connectivity index (χ2n) is 6.28. The molecule has 0 saturated carbocycles. The molecule has 1 aromatic heterocycles. The number of amides is 3. The minimum atomic E-state index is -0.375. The summed E-state index contributed by atoms with van der Waals surface area (Å²) in [5, 5.41) is 5.92. The first-order valence-corrected chi connectivity index (χ1v) is 9.65. The number of imide groups is 1. The molecule has 2 aromatic carbocycles. The smallest absolute Gasteiger partial charge is 0.261 e. The van der Waals surface area contributed by atoms with Gasteiger partial charge in [-0.25, -0.2) is 4.98 Å². The fourth-order valence-corrected chi connectivity index (χ4v) is 4.10. The Balaban J connectivity index is 1.47. The van der Waals surface area contributed by atoms with E-state index in [9.17, 15) is 14.4 Å². The van der Waals surface area contributed by atoms with Crippen LogP contribution in [0.2, 0.25) is 5.02 Å². The second-order valence-corrected chi connectivity index (χ2v) is 7.54. The Morgan fingerprint density at radius 3 is 2.64 bits per heavy atom. The van der Waals surface area contributed by atoms with E-state index in [1.807, 2.05) is 23.6 Å². The lowest BCUT2D eigenvalue weighted by Gasteiger charge is -2.05. The van der Waals surface area contributed by atoms with Crippen molar-refractivity contribution in [3.05, 3.63) is 69.7 Å². The molecular formula is C20H14ClN3O3S. The van der Waals surface area contributed by atoms with Gasteiger partial charge in [0.2, 0.25) is 5.91 Å². The number of anilines is 1. The van der Waals surface area contributed by atoms with Gasteiger partial charge in [-0.1, -0.05) is 29.8 Å². The second kappa shape index (κ2) is 7.18. The number of fused-ring (bicyclic) bond motifs is 1. The summed E-state index contributed by atoms with van der Waals surface area (Å²) in [6.07, 6.45) is 0.0881. The molecule has 0 bridgehead atoms. The molecule has 0 fully saturated rings. The average Bonchev–Trinajstić information content (AvgIpc) is 3.21. The Morgan fingerprint density at radius 2 is 1.86 bits per heavy atom. The zero-order valence-corrected chi connectivity index (χ0v) is 16.3. The molecule has 0 unspecified atom stereocenters. The van der Waals surface area contributed by atoms with E-state index in [0.717, 1.165) is 15.5 Å². The lowest BCUT2D eigenvalue weighted by atomic mass is 10.1. The van der Waals surface area contributed by atoms with Gasteiger partial charge >= 0.3 is 0 Å². The van der Waals surface area contributed by atoms with Crippen molar-refractivity contribution in [2.45, 2.75) is 6.42 Å². The number of rotatable bonds is 4. The van der Waals surface area contributed by atoms with Crippen LogP contribution in [0.4, 0.5) is 5.69 Å². The van der Waals surface area contributed by atoms with Crippen LogP contribution >= 0.6 is 22.9 Å². The summed E-state index contributed by atoms with van der Waals surface area (Å²) in [6.45, 7) is 0. The van der Waals surface area contributed by atoms with Gasteiger partial charge in [-0.15, -0.1) is 11.3 Å². The minimum Gasteiger partial charge on any atom is -0.326 e. The highest BCUT2D eigenvalue weighted by Crippen LogP contribution is 2.30. The van der Waals surface area contributed by atoms with Gasteiger partial charge in [0, 0.05) is 23.7 Å². The molecule has 140 valence electrons. The third-order valence-corrected chi connectivity index (χ3v) is 5.63. The lowest BCUT2D eigenvalue weighted by molar-refractivity contribution is -0.115. The Morgan fingerprint density at radius 1 is 1.11 bits per heavy atom. The summed E-state index contributed by atoms with van der Waals surface area (Å²) < 4.78 is 0. The molecule has 6 nitrogen and oxygen atoms in total. The molecule has 28 heavy (non-hydrogen) atoms. The van der Waals surface area contributed by atoms with Gasteiger partial charge in [0.1, 0.15) is 5.01 Å². The summed E-state index contributed by atoms with van der Waals surface area (Å²) in [5.41, 5.74) is 2.55. The topological polar surface area (TPSA) is 79.4 Å². The molecule has 3 amide bonds. The third kappa shape index (κ3) is 3.30. The molecule has 0 aliphatic carbocycles. The molecule has 1 aliphatic heterocycles. The van der Waals surface area contributed by atoms with Crippen molar-refractivity contribution in [3.8, 4) is 10.6 Å². The van der Waals surface area contributed by atoms with Crippen LogP contribution in [0.15, 0.2) is 47.8 Å². The average molecular weight is 412 g/mol. The number of carbonyl (C=O) groups is 3. The van der Waals surface area contributed by atoms with Crippen LogP contribution in [-0.4, -0.2) is 34.7 Å². The van der Waals surface area contributed by atoms with Crippen LogP contribution in [0, 0.1) is 0 Å². The van der Waals surface area contributed by atoms with Crippen LogP contribution in [0.1, 0.15) is 26.4 Å². The van der Waals surface area contributed by atoms with E-state index in [0.29, 0.717) is 27.5 Å². The molecule has 0 saturated heterocycles. The molecule has 1 aliphatic rings. The number of halogens is 1. The normalized spacial score (nSPS) is 13.0. The molecule has 0 radical (unpaired) electrons. The predicted molar refractivity (Wildman–Crippen MR) is 108 cm³/mol. The van der Waals surface area contributed by atoms with E-state index in [1.165, 1.54) is 24.5 Å². The number of hydrogen-bond donors (Lipinski definition) is 1. The minimum absolute atomic E-state index is 0.0881. The quantitative estimate of drug-likeness (QED) is 0.661. The predicted octanol–water partition coefficient (Wildman–Crippen LogP) is 3.87. The van der Waals surface area contributed by atoms with E-state index < -0.39 is 0 Å². The van der Waals surface area contributed by atoms with Gasteiger partial charge < -0.3 is 5.32 Å². The highest BCUT2D eigenvalue weighted by Gasteiger charge is 2.32.